The predicted octanol–water partition coefficient (Wildman–Crippen LogP) is 3.49. The van der Waals surface area contributed by atoms with E-state index in [9.17, 15) is 9.50 Å². The Morgan fingerprint density at radius 2 is 2.10 bits per heavy atom. The zero-order valence-corrected chi connectivity index (χ0v) is 19.6. The van der Waals surface area contributed by atoms with Gasteiger partial charge < -0.3 is 24.7 Å². The SMILES string of the molecule is CCNC(=NCc1ccc(-n2ccnc2)c(F)c1)NCC(C)(O)c1ccc(C)o1.I. The summed E-state index contributed by atoms with van der Waals surface area (Å²) in [4.78, 5) is 8.42. The lowest BCUT2D eigenvalue weighted by Crippen LogP contribution is -2.44. The fourth-order valence-electron chi connectivity index (χ4n) is 2.84. The number of hydrogen-bond donors (Lipinski definition) is 3. The number of halogens is 2. The van der Waals surface area contributed by atoms with E-state index in [0.29, 0.717) is 30.5 Å². The molecule has 3 N–H and O–H groups in total. The van der Waals surface area contributed by atoms with E-state index < -0.39 is 5.60 Å². The molecule has 1 atom stereocenters. The second-order valence-electron chi connectivity index (χ2n) is 6.99. The minimum absolute atomic E-state index is 0. The molecule has 1 aromatic carbocycles. The first-order valence-electron chi connectivity index (χ1n) is 9.47. The highest BCUT2D eigenvalue weighted by Crippen LogP contribution is 2.22. The van der Waals surface area contributed by atoms with E-state index in [1.165, 1.54) is 6.07 Å². The van der Waals surface area contributed by atoms with Crippen LogP contribution in [-0.2, 0) is 12.1 Å². The molecular weight excluding hydrogens is 500 g/mol. The Labute approximate surface area is 192 Å². The summed E-state index contributed by atoms with van der Waals surface area (Å²) in [5, 5.41) is 16.9. The van der Waals surface area contributed by atoms with Crippen molar-refractivity contribution in [3.63, 3.8) is 0 Å². The number of aromatic nitrogens is 2. The van der Waals surface area contributed by atoms with Crippen LogP contribution in [-0.4, -0.2) is 33.7 Å². The fourth-order valence-corrected chi connectivity index (χ4v) is 2.84. The molecular formula is C21H27FIN5O2. The Morgan fingerprint density at radius 1 is 1.30 bits per heavy atom. The molecule has 30 heavy (non-hydrogen) atoms. The van der Waals surface area contributed by atoms with E-state index >= 15 is 0 Å². The Bertz CT molecular complexity index is 970. The molecule has 3 rings (SSSR count). The van der Waals surface area contributed by atoms with E-state index in [4.69, 9.17) is 4.42 Å². The van der Waals surface area contributed by atoms with Crippen LogP contribution in [0.2, 0.25) is 0 Å². The van der Waals surface area contributed by atoms with Gasteiger partial charge in [0.05, 0.1) is 25.1 Å². The second kappa shape index (κ2) is 10.6. The lowest BCUT2D eigenvalue weighted by Gasteiger charge is -2.22. The molecule has 0 aliphatic carbocycles. The van der Waals surface area contributed by atoms with Crippen LogP contribution < -0.4 is 10.6 Å². The highest BCUT2D eigenvalue weighted by molar-refractivity contribution is 14.0. The van der Waals surface area contributed by atoms with Gasteiger partial charge in [-0.2, -0.15) is 0 Å². The van der Waals surface area contributed by atoms with Gasteiger partial charge in [-0.25, -0.2) is 14.4 Å². The Kier molecular flexibility index (Phi) is 8.42. The number of benzene rings is 1. The molecule has 162 valence electrons. The van der Waals surface area contributed by atoms with Crippen LogP contribution in [0.4, 0.5) is 4.39 Å². The molecule has 0 aliphatic heterocycles. The molecule has 0 aliphatic rings. The number of nitrogens with zero attached hydrogens (tertiary/aromatic N) is 3. The molecule has 3 aromatic rings. The van der Waals surface area contributed by atoms with Gasteiger partial charge in [0, 0.05) is 18.9 Å². The summed E-state index contributed by atoms with van der Waals surface area (Å²) in [5.74, 6) is 1.40. The van der Waals surface area contributed by atoms with Crippen molar-refractivity contribution in [2.45, 2.75) is 32.9 Å². The van der Waals surface area contributed by atoms with Gasteiger partial charge in [-0.3, -0.25) is 0 Å². The molecule has 0 amide bonds. The van der Waals surface area contributed by atoms with Gasteiger partial charge >= 0.3 is 0 Å². The Balaban J connectivity index is 0.00000320. The first-order valence-corrected chi connectivity index (χ1v) is 9.47. The van der Waals surface area contributed by atoms with E-state index in [0.717, 1.165) is 11.3 Å². The maximum Gasteiger partial charge on any atom is 0.191 e. The quantitative estimate of drug-likeness (QED) is 0.249. The van der Waals surface area contributed by atoms with Crippen LogP contribution in [0.25, 0.3) is 5.69 Å². The first kappa shape index (κ1) is 23.9. The lowest BCUT2D eigenvalue weighted by atomic mass is 10.0. The third-order valence-corrected chi connectivity index (χ3v) is 4.43. The number of furan rings is 1. The Hall–Kier alpha value is -2.40. The van der Waals surface area contributed by atoms with Crippen LogP contribution in [0, 0.1) is 12.7 Å². The second-order valence-corrected chi connectivity index (χ2v) is 6.99. The number of rotatable bonds is 7. The van der Waals surface area contributed by atoms with Crippen LogP contribution >= 0.6 is 24.0 Å². The zero-order valence-electron chi connectivity index (χ0n) is 17.2. The molecule has 1 unspecified atom stereocenters. The fraction of sp³-hybridized carbons (Fsp3) is 0.333. The predicted molar refractivity (Wildman–Crippen MR) is 125 cm³/mol. The minimum atomic E-state index is -1.19. The topological polar surface area (TPSA) is 87.6 Å². The van der Waals surface area contributed by atoms with E-state index in [1.54, 1.807) is 42.3 Å². The van der Waals surface area contributed by atoms with Crippen LogP contribution in [0.5, 0.6) is 0 Å². The van der Waals surface area contributed by atoms with Crippen molar-refractivity contribution in [2.75, 3.05) is 13.1 Å². The maximum absolute atomic E-state index is 14.4. The third-order valence-electron chi connectivity index (χ3n) is 4.43. The highest BCUT2D eigenvalue weighted by Gasteiger charge is 2.27. The molecule has 0 saturated carbocycles. The van der Waals surface area contributed by atoms with Gasteiger partial charge in [-0.1, -0.05) is 6.07 Å². The van der Waals surface area contributed by atoms with Gasteiger partial charge in [0.1, 0.15) is 22.9 Å². The number of aliphatic hydroxyl groups is 1. The highest BCUT2D eigenvalue weighted by atomic mass is 127. The lowest BCUT2D eigenvalue weighted by molar-refractivity contribution is 0.0378. The number of aryl methyl sites for hydroxylation is 1. The molecule has 7 nitrogen and oxygen atoms in total. The van der Waals surface area contributed by atoms with Gasteiger partial charge in [0.25, 0.3) is 0 Å². The van der Waals surface area contributed by atoms with Crippen LogP contribution in [0.15, 0.2) is 58.5 Å². The summed E-state index contributed by atoms with van der Waals surface area (Å²) >= 11 is 0. The number of hydrogen-bond acceptors (Lipinski definition) is 4. The van der Waals surface area contributed by atoms with Gasteiger partial charge in [0.2, 0.25) is 0 Å². The van der Waals surface area contributed by atoms with Crippen molar-refractivity contribution in [3.8, 4) is 5.69 Å². The summed E-state index contributed by atoms with van der Waals surface area (Å²) < 4.78 is 21.6. The first-order chi connectivity index (χ1) is 13.9. The van der Waals surface area contributed by atoms with Crippen LogP contribution in [0.3, 0.4) is 0 Å². The summed E-state index contributed by atoms with van der Waals surface area (Å²) in [6.07, 6.45) is 4.84. The normalized spacial score (nSPS) is 13.4. The number of guanidine groups is 1. The van der Waals surface area contributed by atoms with Crippen LogP contribution in [0.1, 0.15) is 30.9 Å². The molecule has 0 bridgehead atoms. The number of nitrogens with one attached hydrogen (secondary N) is 2. The summed E-state index contributed by atoms with van der Waals surface area (Å²) in [7, 11) is 0. The largest absolute Gasteiger partial charge is 0.463 e. The van der Waals surface area contributed by atoms with Crippen molar-refractivity contribution in [3.05, 3.63) is 72.0 Å². The van der Waals surface area contributed by atoms with E-state index in [1.807, 2.05) is 26.0 Å². The van der Waals surface area contributed by atoms with Crippen molar-refractivity contribution >= 4 is 29.9 Å². The van der Waals surface area contributed by atoms with Gasteiger partial charge in [-0.15, -0.1) is 24.0 Å². The molecule has 0 radical (unpaired) electrons. The van der Waals surface area contributed by atoms with Crippen molar-refractivity contribution in [1.82, 2.24) is 20.2 Å². The summed E-state index contributed by atoms with van der Waals surface area (Å²) in [6.45, 7) is 6.60. The van der Waals surface area contributed by atoms with Crippen molar-refractivity contribution in [1.29, 1.82) is 0 Å². The average Bonchev–Trinajstić information content (AvgIpc) is 3.36. The van der Waals surface area contributed by atoms with Crippen molar-refractivity contribution in [2.24, 2.45) is 4.99 Å². The number of aliphatic imine (C=N–C) groups is 1. The molecule has 2 heterocycles. The molecule has 0 saturated heterocycles. The van der Waals surface area contributed by atoms with E-state index in [-0.39, 0.29) is 36.3 Å². The van der Waals surface area contributed by atoms with Gasteiger partial charge in [-0.05, 0) is 50.6 Å². The average molecular weight is 527 g/mol. The standard InChI is InChI=1S/C21H26FN5O2.HI/c1-4-24-20(26-13-21(3,28)19-8-5-15(2)29-19)25-12-16-6-7-18(17(22)11-16)27-10-9-23-14-27;/h5-11,14,28H,4,12-13H2,1-3H3,(H2,24,25,26);1H. The zero-order chi connectivity index (χ0) is 20.9. The summed E-state index contributed by atoms with van der Waals surface area (Å²) in [5.41, 5.74) is -0.0229. The molecule has 0 fully saturated rings. The molecule has 9 heteroatoms. The smallest absolute Gasteiger partial charge is 0.191 e. The number of imidazole rings is 1. The third kappa shape index (κ3) is 6.05. The van der Waals surface area contributed by atoms with E-state index in [2.05, 4.69) is 20.6 Å². The molecule has 0 spiro atoms. The van der Waals surface area contributed by atoms with Crippen molar-refractivity contribution < 1.29 is 13.9 Å². The monoisotopic (exact) mass is 527 g/mol. The van der Waals surface area contributed by atoms with Gasteiger partial charge in [0.15, 0.2) is 5.96 Å². The molecule has 2 aromatic heterocycles. The summed E-state index contributed by atoms with van der Waals surface area (Å²) in [6, 6.07) is 8.56. The Morgan fingerprint density at radius 3 is 2.70 bits per heavy atom. The minimum Gasteiger partial charge on any atom is -0.463 e. The maximum atomic E-state index is 14.4.